The fraction of sp³-hybridized carbons (Fsp3) is 0.474. The number of rotatable bonds is 5. The van der Waals surface area contributed by atoms with E-state index in [1.165, 1.54) is 24.3 Å². The number of allylic oxidation sites excluding steroid dienone is 1. The summed E-state index contributed by atoms with van der Waals surface area (Å²) < 4.78 is 13.4. The van der Waals surface area contributed by atoms with Crippen molar-refractivity contribution < 1.29 is 24.2 Å². The SMILES string of the molecule is CCC1(C(=O)O)C(c2ccc(F)cc2)C(C(=O)O)=C(C)NC1C(C)C. The summed E-state index contributed by atoms with van der Waals surface area (Å²) in [6.07, 6.45) is 0.240. The van der Waals surface area contributed by atoms with Gasteiger partial charge >= 0.3 is 11.9 Å². The number of carboxylic acids is 2. The Morgan fingerprint density at radius 1 is 1.24 bits per heavy atom. The van der Waals surface area contributed by atoms with E-state index < -0.39 is 35.1 Å². The maximum Gasteiger partial charge on any atom is 0.333 e. The number of aliphatic carboxylic acids is 2. The zero-order chi connectivity index (χ0) is 18.9. The predicted molar refractivity (Wildman–Crippen MR) is 91.6 cm³/mol. The summed E-state index contributed by atoms with van der Waals surface area (Å²) >= 11 is 0. The van der Waals surface area contributed by atoms with Crippen LogP contribution in [0.1, 0.15) is 45.6 Å². The second-order valence-electron chi connectivity index (χ2n) is 6.89. The molecular formula is C19H24FNO4. The molecular weight excluding hydrogens is 325 g/mol. The molecule has 0 radical (unpaired) electrons. The van der Waals surface area contributed by atoms with Crippen LogP contribution in [0.2, 0.25) is 0 Å². The summed E-state index contributed by atoms with van der Waals surface area (Å²) in [7, 11) is 0. The van der Waals surface area contributed by atoms with E-state index >= 15 is 0 Å². The molecule has 3 atom stereocenters. The average molecular weight is 349 g/mol. The fourth-order valence-electron chi connectivity index (χ4n) is 4.09. The highest BCUT2D eigenvalue weighted by Gasteiger charge is 2.57. The molecule has 1 aliphatic heterocycles. The molecule has 5 nitrogen and oxygen atoms in total. The van der Waals surface area contributed by atoms with Gasteiger partial charge in [-0.25, -0.2) is 9.18 Å². The van der Waals surface area contributed by atoms with Crippen molar-refractivity contribution in [1.29, 1.82) is 0 Å². The number of hydrogen-bond donors (Lipinski definition) is 3. The lowest BCUT2D eigenvalue weighted by atomic mass is 9.58. The summed E-state index contributed by atoms with van der Waals surface area (Å²) in [5, 5.41) is 23.0. The van der Waals surface area contributed by atoms with Crippen LogP contribution in [0, 0.1) is 17.2 Å². The third kappa shape index (κ3) is 3.01. The van der Waals surface area contributed by atoms with Crippen LogP contribution in [0.3, 0.4) is 0 Å². The Balaban J connectivity index is 2.83. The highest BCUT2D eigenvalue weighted by Crippen LogP contribution is 2.51. The van der Waals surface area contributed by atoms with Crippen LogP contribution in [0.5, 0.6) is 0 Å². The highest BCUT2D eigenvalue weighted by molar-refractivity contribution is 5.93. The Kier molecular flexibility index (Phi) is 5.20. The topological polar surface area (TPSA) is 86.6 Å². The number of carbonyl (C=O) groups is 2. The average Bonchev–Trinajstić information content (AvgIpc) is 2.53. The summed E-state index contributed by atoms with van der Waals surface area (Å²) in [6, 6.07) is 4.98. The number of nitrogens with one attached hydrogen (secondary N) is 1. The first-order valence-corrected chi connectivity index (χ1v) is 8.36. The van der Waals surface area contributed by atoms with Crippen LogP contribution in [-0.2, 0) is 9.59 Å². The largest absolute Gasteiger partial charge is 0.481 e. The van der Waals surface area contributed by atoms with E-state index in [0.29, 0.717) is 11.3 Å². The lowest BCUT2D eigenvalue weighted by Gasteiger charge is -2.49. The third-order valence-electron chi connectivity index (χ3n) is 5.22. The molecule has 0 bridgehead atoms. The zero-order valence-electron chi connectivity index (χ0n) is 14.8. The van der Waals surface area contributed by atoms with Crippen molar-refractivity contribution in [2.24, 2.45) is 11.3 Å². The van der Waals surface area contributed by atoms with Crippen LogP contribution >= 0.6 is 0 Å². The molecule has 2 rings (SSSR count). The first-order chi connectivity index (χ1) is 11.7. The van der Waals surface area contributed by atoms with Gasteiger partial charge in [0.15, 0.2) is 0 Å². The quantitative estimate of drug-likeness (QED) is 0.759. The van der Waals surface area contributed by atoms with Crippen molar-refractivity contribution in [2.45, 2.75) is 46.1 Å². The van der Waals surface area contributed by atoms with Gasteiger partial charge in [-0.05, 0) is 37.0 Å². The molecule has 0 saturated carbocycles. The summed E-state index contributed by atoms with van der Waals surface area (Å²) in [5.74, 6) is -3.58. The molecule has 0 aromatic heterocycles. The van der Waals surface area contributed by atoms with Crippen LogP contribution in [-0.4, -0.2) is 28.2 Å². The summed E-state index contributed by atoms with van der Waals surface area (Å²) in [6.45, 7) is 7.22. The second-order valence-corrected chi connectivity index (χ2v) is 6.89. The molecule has 3 N–H and O–H groups in total. The van der Waals surface area contributed by atoms with E-state index in [1.54, 1.807) is 13.8 Å². The van der Waals surface area contributed by atoms with Gasteiger partial charge in [-0.1, -0.05) is 32.9 Å². The molecule has 136 valence electrons. The monoisotopic (exact) mass is 349 g/mol. The Morgan fingerprint density at radius 2 is 1.80 bits per heavy atom. The first-order valence-electron chi connectivity index (χ1n) is 8.36. The number of halogens is 1. The van der Waals surface area contributed by atoms with Gasteiger partial charge in [-0.3, -0.25) is 4.79 Å². The Bertz CT molecular complexity index is 711. The smallest absolute Gasteiger partial charge is 0.333 e. The Labute approximate surface area is 146 Å². The molecule has 0 amide bonds. The van der Waals surface area contributed by atoms with Gasteiger partial charge in [0.25, 0.3) is 0 Å². The molecule has 1 aromatic rings. The first kappa shape index (κ1) is 19.0. The van der Waals surface area contributed by atoms with E-state index in [1.807, 2.05) is 13.8 Å². The molecule has 1 aliphatic rings. The van der Waals surface area contributed by atoms with E-state index in [-0.39, 0.29) is 17.9 Å². The second kappa shape index (κ2) is 6.86. The van der Waals surface area contributed by atoms with Crippen molar-refractivity contribution in [3.05, 3.63) is 46.9 Å². The van der Waals surface area contributed by atoms with Gasteiger partial charge in [0.05, 0.1) is 11.0 Å². The highest BCUT2D eigenvalue weighted by atomic mass is 19.1. The molecule has 25 heavy (non-hydrogen) atoms. The minimum atomic E-state index is -1.35. The molecule has 0 spiro atoms. The minimum absolute atomic E-state index is 0.0211. The maximum atomic E-state index is 13.4. The molecule has 0 aliphatic carbocycles. The van der Waals surface area contributed by atoms with Gasteiger partial charge < -0.3 is 15.5 Å². The van der Waals surface area contributed by atoms with E-state index in [2.05, 4.69) is 5.32 Å². The Hall–Kier alpha value is -2.37. The van der Waals surface area contributed by atoms with E-state index in [4.69, 9.17) is 0 Å². The molecule has 0 saturated heterocycles. The van der Waals surface area contributed by atoms with Crippen molar-refractivity contribution in [3.8, 4) is 0 Å². The lowest BCUT2D eigenvalue weighted by Crippen LogP contribution is -2.59. The maximum absolute atomic E-state index is 13.4. The molecule has 1 heterocycles. The zero-order valence-corrected chi connectivity index (χ0v) is 14.8. The molecule has 0 fully saturated rings. The van der Waals surface area contributed by atoms with Gasteiger partial charge in [0, 0.05) is 17.7 Å². The van der Waals surface area contributed by atoms with E-state index in [0.717, 1.165) is 0 Å². The number of carboxylic acid groups (broad SMARTS) is 2. The summed E-state index contributed by atoms with van der Waals surface area (Å²) in [5.41, 5.74) is -0.382. The molecule has 3 unspecified atom stereocenters. The standard InChI is InChI=1S/C19H24FNO4/c1-5-19(18(24)25)15(12-6-8-13(20)9-7-12)14(17(22)23)11(4)21-16(19)10(2)3/h6-10,15-16,21H,5H2,1-4H3,(H,22,23)(H,24,25). The van der Waals surface area contributed by atoms with Crippen molar-refractivity contribution in [1.82, 2.24) is 5.32 Å². The van der Waals surface area contributed by atoms with Crippen molar-refractivity contribution >= 4 is 11.9 Å². The van der Waals surface area contributed by atoms with Crippen LogP contribution < -0.4 is 5.32 Å². The normalized spacial score (nSPS) is 26.5. The molecule has 1 aromatic carbocycles. The van der Waals surface area contributed by atoms with Gasteiger partial charge in [0.1, 0.15) is 5.82 Å². The van der Waals surface area contributed by atoms with Crippen molar-refractivity contribution in [2.75, 3.05) is 0 Å². The van der Waals surface area contributed by atoms with Crippen LogP contribution in [0.25, 0.3) is 0 Å². The van der Waals surface area contributed by atoms with Gasteiger partial charge in [0.2, 0.25) is 0 Å². The molecule has 6 heteroatoms. The third-order valence-corrected chi connectivity index (χ3v) is 5.22. The lowest BCUT2D eigenvalue weighted by molar-refractivity contribution is -0.154. The van der Waals surface area contributed by atoms with Gasteiger partial charge in [-0.2, -0.15) is 0 Å². The van der Waals surface area contributed by atoms with E-state index in [9.17, 15) is 24.2 Å². The minimum Gasteiger partial charge on any atom is -0.481 e. The van der Waals surface area contributed by atoms with Gasteiger partial charge in [-0.15, -0.1) is 0 Å². The number of benzene rings is 1. The fourth-order valence-corrected chi connectivity index (χ4v) is 4.09. The van der Waals surface area contributed by atoms with Crippen LogP contribution in [0.15, 0.2) is 35.5 Å². The van der Waals surface area contributed by atoms with Crippen LogP contribution in [0.4, 0.5) is 4.39 Å². The number of hydrogen-bond acceptors (Lipinski definition) is 3. The predicted octanol–water partition coefficient (Wildman–Crippen LogP) is 3.38. The van der Waals surface area contributed by atoms with Crippen molar-refractivity contribution in [3.63, 3.8) is 0 Å². The Morgan fingerprint density at radius 3 is 2.20 bits per heavy atom. The summed E-state index contributed by atoms with van der Waals surface area (Å²) in [4.78, 5) is 24.4.